The number of rotatable bonds is 6. The highest BCUT2D eigenvalue weighted by molar-refractivity contribution is 6.31. The minimum absolute atomic E-state index is 0.0284. The first-order valence-corrected chi connectivity index (χ1v) is 8.79. The number of Topliss-reactive ketones (excluding diaryl/α,β-unsaturated/α-hetero) is 1. The molecule has 5 heteroatoms. The van der Waals surface area contributed by atoms with Crippen LogP contribution in [0.1, 0.15) is 33.2 Å². The Bertz CT molecular complexity index is 953. The van der Waals surface area contributed by atoms with Crippen LogP contribution in [0.4, 0.5) is 5.69 Å². The van der Waals surface area contributed by atoms with Crippen LogP contribution in [0.3, 0.4) is 0 Å². The summed E-state index contributed by atoms with van der Waals surface area (Å²) < 4.78 is 5.82. The second kappa shape index (κ2) is 8.52. The maximum atomic E-state index is 12.7. The number of benzene rings is 3. The molecule has 3 aromatic rings. The van der Waals surface area contributed by atoms with Gasteiger partial charge in [0, 0.05) is 16.3 Å². The van der Waals surface area contributed by atoms with E-state index in [1.54, 1.807) is 42.5 Å². The van der Waals surface area contributed by atoms with Gasteiger partial charge in [0.25, 0.3) is 5.91 Å². The largest absolute Gasteiger partial charge is 0.488 e. The highest BCUT2D eigenvalue weighted by Crippen LogP contribution is 2.25. The van der Waals surface area contributed by atoms with Crippen LogP contribution < -0.4 is 10.1 Å². The van der Waals surface area contributed by atoms with Crippen molar-refractivity contribution in [2.45, 2.75) is 13.5 Å². The van der Waals surface area contributed by atoms with Crippen LogP contribution in [-0.4, -0.2) is 11.7 Å². The zero-order chi connectivity index (χ0) is 19.2. The summed E-state index contributed by atoms with van der Waals surface area (Å²) in [4.78, 5) is 24.1. The second-order valence-corrected chi connectivity index (χ2v) is 6.44. The van der Waals surface area contributed by atoms with Crippen molar-refractivity contribution in [2.24, 2.45) is 0 Å². The molecule has 0 aliphatic rings. The number of hydrogen-bond acceptors (Lipinski definition) is 3. The van der Waals surface area contributed by atoms with Gasteiger partial charge in [-0.1, -0.05) is 41.9 Å². The number of ketones is 1. The number of halogens is 1. The number of carbonyl (C=O) groups is 2. The fourth-order valence-corrected chi connectivity index (χ4v) is 2.70. The van der Waals surface area contributed by atoms with Gasteiger partial charge in [-0.05, 0) is 55.0 Å². The first-order valence-electron chi connectivity index (χ1n) is 8.41. The smallest absolute Gasteiger partial charge is 0.259 e. The number of hydrogen-bond donors (Lipinski definition) is 1. The fraction of sp³-hybridized carbons (Fsp3) is 0.0909. The third-order valence-electron chi connectivity index (χ3n) is 3.97. The lowest BCUT2D eigenvalue weighted by Gasteiger charge is -2.12. The molecule has 0 fully saturated rings. The van der Waals surface area contributed by atoms with Gasteiger partial charge in [0.05, 0.1) is 5.56 Å². The van der Waals surface area contributed by atoms with Crippen LogP contribution in [0, 0.1) is 0 Å². The normalized spacial score (nSPS) is 10.3. The van der Waals surface area contributed by atoms with Crippen LogP contribution in [0.15, 0.2) is 72.8 Å². The minimum Gasteiger partial charge on any atom is -0.488 e. The third kappa shape index (κ3) is 4.96. The van der Waals surface area contributed by atoms with E-state index in [0.717, 1.165) is 5.56 Å². The lowest BCUT2D eigenvalue weighted by atomic mass is 10.1. The van der Waals surface area contributed by atoms with E-state index in [9.17, 15) is 9.59 Å². The van der Waals surface area contributed by atoms with E-state index < -0.39 is 0 Å². The van der Waals surface area contributed by atoms with Crippen molar-refractivity contribution in [1.29, 1.82) is 0 Å². The Morgan fingerprint density at radius 3 is 2.33 bits per heavy atom. The Morgan fingerprint density at radius 2 is 1.67 bits per heavy atom. The Morgan fingerprint density at radius 1 is 0.963 bits per heavy atom. The molecule has 27 heavy (non-hydrogen) atoms. The summed E-state index contributed by atoms with van der Waals surface area (Å²) in [5, 5.41) is 3.24. The molecule has 0 aliphatic carbocycles. The Kier molecular flexibility index (Phi) is 5.89. The number of carbonyl (C=O) groups excluding carboxylic acids is 2. The maximum Gasteiger partial charge on any atom is 0.259 e. The molecule has 0 aliphatic heterocycles. The van der Waals surface area contributed by atoms with Gasteiger partial charge in [0.15, 0.2) is 5.78 Å². The zero-order valence-electron chi connectivity index (χ0n) is 14.7. The third-order valence-corrected chi connectivity index (χ3v) is 4.21. The molecule has 3 aromatic carbocycles. The number of nitrogens with one attached hydrogen (secondary N) is 1. The molecule has 1 amide bonds. The van der Waals surface area contributed by atoms with Crippen LogP contribution in [0.5, 0.6) is 5.75 Å². The predicted octanol–water partition coefficient (Wildman–Crippen LogP) is 5.37. The van der Waals surface area contributed by atoms with E-state index in [-0.39, 0.29) is 11.7 Å². The highest BCUT2D eigenvalue weighted by atomic mass is 35.5. The van der Waals surface area contributed by atoms with Crippen molar-refractivity contribution in [3.8, 4) is 5.75 Å². The quantitative estimate of drug-likeness (QED) is 0.585. The van der Waals surface area contributed by atoms with Crippen LogP contribution in [-0.2, 0) is 6.61 Å². The summed E-state index contributed by atoms with van der Waals surface area (Å²) in [5.41, 5.74) is 2.51. The molecule has 3 rings (SSSR count). The number of anilines is 1. The molecule has 0 spiro atoms. The average Bonchev–Trinajstić information content (AvgIpc) is 2.68. The van der Waals surface area contributed by atoms with Gasteiger partial charge in [-0.2, -0.15) is 0 Å². The van der Waals surface area contributed by atoms with Gasteiger partial charge in [-0.3, -0.25) is 9.59 Å². The molecule has 1 N–H and O–H groups in total. The maximum absolute atomic E-state index is 12.7. The van der Waals surface area contributed by atoms with Crippen molar-refractivity contribution < 1.29 is 14.3 Å². The zero-order valence-corrected chi connectivity index (χ0v) is 15.5. The fourth-order valence-electron chi connectivity index (χ4n) is 2.53. The number of amides is 1. The molecular weight excluding hydrogens is 362 g/mol. The summed E-state index contributed by atoms with van der Waals surface area (Å²) >= 11 is 6.06. The van der Waals surface area contributed by atoms with E-state index in [1.807, 2.05) is 30.3 Å². The Labute approximate surface area is 162 Å². The number of ether oxygens (including phenoxy) is 1. The van der Waals surface area contributed by atoms with Crippen molar-refractivity contribution in [2.75, 3.05) is 5.32 Å². The lowest BCUT2D eigenvalue weighted by Crippen LogP contribution is -2.14. The standard InChI is InChI=1S/C22H18ClNO3/c1-15(25)17-7-10-19(11-8-17)24-22(26)20-13-18(23)9-12-21(20)27-14-16-5-3-2-4-6-16/h2-13H,14H2,1H3,(H,24,26). The lowest BCUT2D eigenvalue weighted by molar-refractivity contribution is 0.101. The SMILES string of the molecule is CC(=O)c1ccc(NC(=O)c2cc(Cl)ccc2OCc2ccccc2)cc1. The second-order valence-electron chi connectivity index (χ2n) is 6.00. The van der Waals surface area contributed by atoms with Gasteiger partial charge < -0.3 is 10.1 Å². The first kappa shape index (κ1) is 18.7. The molecule has 0 aromatic heterocycles. The van der Waals surface area contributed by atoms with Gasteiger partial charge in [0.1, 0.15) is 12.4 Å². The Balaban J connectivity index is 1.76. The van der Waals surface area contributed by atoms with Crippen molar-refractivity contribution >= 4 is 29.0 Å². The molecule has 0 saturated carbocycles. The molecule has 0 heterocycles. The van der Waals surface area contributed by atoms with Gasteiger partial charge in [0.2, 0.25) is 0 Å². The topological polar surface area (TPSA) is 55.4 Å². The van der Waals surface area contributed by atoms with E-state index >= 15 is 0 Å². The summed E-state index contributed by atoms with van der Waals surface area (Å²) in [6.07, 6.45) is 0. The summed E-state index contributed by atoms with van der Waals surface area (Å²) in [6, 6.07) is 21.3. The van der Waals surface area contributed by atoms with Crippen molar-refractivity contribution in [3.63, 3.8) is 0 Å². The van der Waals surface area contributed by atoms with E-state index in [4.69, 9.17) is 16.3 Å². The van der Waals surface area contributed by atoms with E-state index in [2.05, 4.69) is 5.32 Å². The Hall–Kier alpha value is -3.11. The highest BCUT2D eigenvalue weighted by Gasteiger charge is 2.14. The molecule has 0 unspecified atom stereocenters. The first-order chi connectivity index (χ1) is 13.0. The van der Waals surface area contributed by atoms with E-state index in [1.165, 1.54) is 6.92 Å². The summed E-state index contributed by atoms with van der Waals surface area (Å²) in [6.45, 7) is 1.84. The van der Waals surface area contributed by atoms with Gasteiger partial charge in [-0.15, -0.1) is 0 Å². The molecule has 0 radical (unpaired) electrons. The van der Waals surface area contributed by atoms with Crippen LogP contribution >= 0.6 is 11.6 Å². The van der Waals surface area contributed by atoms with Crippen molar-refractivity contribution in [3.05, 3.63) is 94.5 Å². The molecular formula is C22H18ClNO3. The summed E-state index contributed by atoms with van der Waals surface area (Å²) in [5.74, 6) is 0.0801. The van der Waals surface area contributed by atoms with Crippen LogP contribution in [0.25, 0.3) is 0 Å². The monoisotopic (exact) mass is 379 g/mol. The van der Waals surface area contributed by atoms with E-state index in [0.29, 0.717) is 34.2 Å². The molecule has 0 atom stereocenters. The van der Waals surface area contributed by atoms with Crippen LogP contribution in [0.2, 0.25) is 5.02 Å². The van der Waals surface area contributed by atoms with Gasteiger partial charge >= 0.3 is 0 Å². The molecule has 0 bridgehead atoms. The molecule has 136 valence electrons. The average molecular weight is 380 g/mol. The molecule has 0 saturated heterocycles. The minimum atomic E-state index is -0.337. The van der Waals surface area contributed by atoms with Crippen molar-refractivity contribution in [1.82, 2.24) is 0 Å². The summed E-state index contributed by atoms with van der Waals surface area (Å²) in [7, 11) is 0. The predicted molar refractivity (Wildman–Crippen MR) is 107 cm³/mol. The van der Waals surface area contributed by atoms with Gasteiger partial charge in [-0.25, -0.2) is 0 Å². The molecule has 4 nitrogen and oxygen atoms in total.